The normalized spacial score (nSPS) is 21.0. The maximum atomic E-state index is 12.3. The number of hydrogen-bond acceptors (Lipinski definition) is 2. The topological polar surface area (TPSA) is 26.3 Å². The summed E-state index contributed by atoms with van der Waals surface area (Å²) in [5.74, 6) is 1.94. The molecule has 3 heteroatoms. The van der Waals surface area contributed by atoms with E-state index in [9.17, 15) is 4.79 Å². The van der Waals surface area contributed by atoms with Crippen LogP contribution in [-0.2, 0) is 4.79 Å². The first-order valence-corrected chi connectivity index (χ1v) is 9.67. The van der Waals surface area contributed by atoms with E-state index in [-0.39, 0.29) is 5.92 Å². The zero-order valence-corrected chi connectivity index (χ0v) is 14.4. The fraction of sp³-hybridized carbons (Fsp3) is 0.316. The number of carbonyl (C=O) groups is 1. The summed E-state index contributed by atoms with van der Waals surface area (Å²) in [6.07, 6.45) is 1.70. The summed E-state index contributed by atoms with van der Waals surface area (Å²) in [7, 11) is 1.68. The Kier molecular flexibility index (Phi) is 4.97. The Balaban J connectivity index is 1.60. The third kappa shape index (κ3) is 3.60. The van der Waals surface area contributed by atoms with Crippen LogP contribution in [0.3, 0.4) is 0 Å². The predicted octanol–water partition coefficient (Wildman–Crippen LogP) is 3.21. The van der Waals surface area contributed by atoms with Crippen LogP contribution in [0.15, 0.2) is 54.6 Å². The van der Waals surface area contributed by atoms with Gasteiger partial charge in [0.1, 0.15) is 0 Å². The molecule has 2 nitrogen and oxygen atoms in total. The molecule has 2 atom stereocenters. The van der Waals surface area contributed by atoms with Crippen molar-refractivity contribution < 1.29 is 9.53 Å². The predicted molar refractivity (Wildman–Crippen MR) is 90.1 cm³/mol. The van der Waals surface area contributed by atoms with Gasteiger partial charge in [-0.05, 0) is 0 Å². The Morgan fingerprint density at radius 3 is 2.50 bits per heavy atom. The molecule has 0 saturated heterocycles. The Bertz CT molecular complexity index is 622. The quantitative estimate of drug-likeness (QED) is 0.767. The Labute approximate surface area is 138 Å². The number of rotatable bonds is 5. The summed E-state index contributed by atoms with van der Waals surface area (Å²) < 4.78 is 6.58. The van der Waals surface area contributed by atoms with Crippen molar-refractivity contribution in [2.75, 3.05) is 7.11 Å². The summed E-state index contributed by atoms with van der Waals surface area (Å²) in [6.45, 7) is 0. The first-order chi connectivity index (χ1) is 10.8. The number of benzene rings is 2. The number of ketones is 1. The summed E-state index contributed by atoms with van der Waals surface area (Å²) in [4.78, 5) is 12.3. The Morgan fingerprint density at radius 2 is 1.82 bits per heavy atom. The average Bonchev–Trinajstić information content (AvgIpc) is 2.95. The molecule has 22 heavy (non-hydrogen) atoms. The van der Waals surface area contributed by atoms with E-state index in [1.54, 1.807) is 7.11 Å². The van der Waals surface area contributed by atoms with Crippen LogP contribution < -0.4 is 9.20 Å². The molecule has 0 N–H and O–H groups in total. The van der Waals surface area contributed by atoms with Crippen molar-refractivity contribution in [1.82, 2.24) is 0 Å². The van der Waals surface area contributed by atoms with E-state index in [0.29, 0.717) is 33.1 Å². The molecule has 1 aliphatic rings. The van der Waals surface area contributed by atoms with Gasteiger partial charge in [0.25, 0.3) is 0 Å². The van der Waals surface area contributed by atoms with Crippen molar-refractivity contribution in [1.29, 1.82) is 0 Å². The molecule has 0 aliphatic heterocycles. The van der Waals surface area contributed by atoms with Crippen LogP contribution in [0.25, 0.3) is 0 Å². The van der Waals surface area contributed by atoms with Gasteiger partial charge < -0.3 is 0 Å². The molecule has 0 amide bonds. The number of hydrogen-bond donors (Lipinski definition) is 0. The molecule has 2 aromatic carbocycles. The molecule has 0 bridgehead atoms. The summed E-state index contributed by atoms with van der Waals surface area (Å²) in [5.41, 5.74) is 1.27. The van der Waals surface area contributed by atoms with E-state index in [0.717, 1.165) is 17.5 Å². The Hall–Kier alpha value is -1.57. The van der Waals surface area contributed by atoms with Crippen molar-refractivity contribution in [3.8, 4) is 5.75 Å². The van der Waals surface area contributed by atoms with E-state index in [2.05, 4.69) is 36.4 Å². The zero-order chi connectivity index (χ0) is 15.4. The van der Waals surface area contributed by atoms with Gasteiger partial charge in [-0.1, -0.05) is 0 Å². The molecule has 114 valence electrons. The van der Waals surface area contributed by atoms with Crippen LogP contribution in [-0.4, -0.2) is 27.8 Å². The minimum atomic E-state index is 0.243. The van der Waals surface area contributed by atoms with Gasteiger partial charge in [-0.25, -0.2) is 0 Å². The first kappa shape index (κ1) is 15.3. The second-order valence-corrected chi connectivity index (χ2v) is 7.99. The fourth-order valence-corrected chi connectivity index (χ4v) is 5.21. The molecular formula is C19H20O2Se. The molecule has 2 aromatic rings. The molecule has 1 fully saturated rings. The van der Waals surface area contributed by atoms with Crippen molar-refractivity contribution in [2.24, 2.45) is 5.92 Å². The molecule has 0 spiro atoms. The van der Waals surface area contributed by atoms with Gasteiger partial charge in [0.05, 0.1) is 0 Å². The van der Waals surface area contributed by atoms with Crippen LogP contribution in [0.5, 0.6) is 5.75 Å². The van der Waals surface area contributed by atoms with E-state index in [1.165, 1.54) is 10.0 Å². The molecular weight excluding hydrogens is 339 g/mol. The fourth-order valence-electron chi connectivity index (χ4n) is 2.97. The van der Waals surface area contributed by atoms with Gasteiger partial charge in [-0.15, -0.1) is 0 Å². The van der Waals surface area contributed by atoms with Crippen molar-refractivity contribution >= 4 is 25.2 Å². The molecule has 1 aliphatic carbocycles. The number of methoxy groups -OCH3 is 1. The monoisotopic (exact) mass is 360 g/mol. The molecule has 1 saturated carbocycles. The molecule has 0 radical (unpaired) electrons. The van der Waals surface area contributed by atoms with E-state index < -0.39 is 0 Å². The van der Waals surface area contributed by atoms with E-state index in [4.69, 9.17) is 4.74 Å². The van der Waals surface area contributed by atoms with Gasteiger partial charge >= 0.3 is 138 Å². The summed E-state index contributed by atoms with van der Waals surface area (Å²) >= 11 is 0.399. The maximum absolute atomic E-state index is 12.3. The zero-order valence-electron chi connectivity index (χ0n) is 12.7. The van der Waals surface area contributed by atoms with Crippen LogP contribution >= 0.6 is 0 Å². The summed E-state index contributed by atoms with van der Waals surface area (Å²) in [6, 6.07) is 18.7. The number of carbonyl (C=O) groups excluding carboxylic acids is 1. The van der Waals surface area contributed by atoms with Gasteiger partial charge in [0.15, 0.2) is 0 Å². The van der Waals surface area contributed by atoms with Crippen LogP contribution in [0, 0.1) is 5.92 Å². The van der Waals surface area contributed by atoms with Crippen molar-refractivity contribution in [3.05, 3.63) is 60.2 Å². The van der Waals surface area contributed by atoms with Crippen molar-refractivity contribution in [2.45, 2.75) is 24.1 Å². The minimum absolute atomic E-state index is 0.243. The average molecular weight is 359 g/mol. The second-order valence-electron chi connectivity index (χ2n) is 5.70. The SMILES string of the molecule is COc1ccc(C2CC(=O)C(C[Se]c3ccccc3)C2)cc1. The van der Waals surface area contributed by atoms with Crippen LogP contribution in [0.4, 0.5) is 0 Å². The van der Waals surface area contributed by atoms with E-state index in [1.807, 2.05) is 18.2 Å². The first-order valence-electron chi connectivity index (χ1n) is 7.61. The van der Waals surface area contributed by atoms with Crippen LogP contribution in [0.1, 0.15) is 24.3 Å². The van der Waals surface area contributed by atoms with Gasteiger partial charge in [0.2, 0.25) is 0 Å². The van der Waals surface area contributed by atoms with Gasteiger partial charge in [0, 0.05) is 0 Å². The third-order valence-electron chi connectivity index (χ3n) is 4.25. The molecule has 0 aromatic heterocycles. The number of Topliss-reactive ketones (excluding diaryl/α,β-unsaturated/α-hetero) is 1. The van der Waals surface area contributed by atoms with Crippen LogP contribution in [0.2, 0.25) is 5.32 Å². The van der Waals surface area contributed by atoms with E-state index >= 15 is 0 Å². The number of ether oxygens (including phenoxy) is 1. The Morgan fingerprint density at radius 1 is 1.09 bits per heavy atom. The third-order valence-corrected chi connectivity index (χ3v) is 6.72. The molecule has 3 rings (SSSR count). The van der Waals surface area contributed by atoms with Gasteiger partial charge in [-0.2, -0.15) is 0 Å². The standard InChI is InChI=1S/C19H20O2Se/c1-21-17-9-7-14(8-10-17)15-11-16(19(20)12-15)13-22-18-5-3-2-4-6-18/h2-10,15-16H,11-13H2,1H3. The van der Waals surface area contributed by atoms with Gasteiger partial charge in [-0.3, -0.25) is 0 Å². The molecule has 0 heterocycles. The van der Waals surface area contributed by atoms with Crippen molar-refractivity contribution in [3.63, 3.8) is 0 Å². The second kappa shape index (κ2) is 7.13. The summed E-state index contributed by atoms with van der Waals surface area (Å²) in [5, 5.41) is 1.03. The molecule has 2 unspecified atom stereocenters.